The van der Waals surface area contributed by atoms with Crippen molar-refractivity contribution in [2.45, 2.75) is 45.0 Å². The number of nitrogen functional groups attached to an aromatic ring is 1. The molecule has 1 fully saturated rings. The molecule has 6 N–H and O–H groups in total. The van der Waals surface area contributed by atoms with Gasteiger partial charge in [-0.05, 0) is 66.4 Å². The fourth-order valence-electron chi connectivity index (χ4n) is 5.38. The standard InChI is InChI=1S/C32H31F2N7O2S/c33-25-8-5-18(11-26(25)34)14-38-32(43)24-13-21(41-31(42)19-3-1-2-4-19)15-36-30(24)37-16-22-7-10-28(44-22)20-6-9-27-23(12-20)29(35)40-17-39-27/h5-13,15,17,19,31,41-42H,1-4,14,16H2,(H,36,37)(H,38,43)(H2,35,39,40). The first kappa shape index (κ1) is 29.4. The van der Waals surface area contributed by atoms with Crippen molar-refractivity contribution in [3.05, 3.63) is 94.8 Å². The van der Waals surface area contributed by atoms with Crippen LogP contribution in [0.2, 0.25) is 0 Å². The van der Waals surface area contributed by atoms with Crippen LogP contribution in [-0.2, 0) is 13.1 Å². The molecule has 3 heterocycles. The molecule has 1 aliphatic rings. The number of nitrogens with two attached hydrogens (primary N) is 1. The fourth-order valence-corrected chi connectivity index (χ4v) is 6.32. The van der Waals surface area contributed by atoms with Gasteiger partial charge in [-0.1, -0.05) is 25.0 Å². The number of carbonyl (C=O) groups is 1. The molecule has 5 aromatic rings. The van der Waals surface area contributed by atoms with Gasteiger partial charge in [-0.15, -0.1) is 11.3 Å². The van der Waals surface area contributed by atoms with E-state index in [4.69, 9.17) is 5.73 Å². The molecule has 1 atom stereocenters. The van der Waals surface area contributed by atoms with Crippen molar-refractivity contribution in [3.8, 4) is 10.4 Å². The average molecular weight is 616 g/mol. The normalized spacial score (nSPS) is 14.1. The minimum absolute atomic E-state index is 0.00652. The maximum atomic E-state index is 13.7. The Hall–Kier alpha value is -4.68. The number of hydrogen-bond donors (Lipinski definition) is 5. The number of aliphatic hydroxyl groups excluding tert-OH is 1. The highest BCUT2D eigenvalue weighted by molar-refractivity contribution is 7.15. The second-order valence-electron chi connectivity index (χ2n) is 10.8. The van der Waals surface area contributed by atoms with Crippen LogP contribution >= 0.6 is 11.3 Å². The Kier molecular flexibility index (Phi) is 8.62. The highest BCUT2D eigenvalue weighted by atomic mass is 32.1. The summed E-state index contributed by atoms with van der Waals surface area (Å²) in [4.78, 5) is 28.2. The van der Waals surface area contributed by atoms with Crippen molar-refractivity contribution in [3.63, 3.8) is 0 Å². The molecule has 1 amide bonds. The van der Waals surface area contributed by atoms with Crippen LogP contribution in [0.3, 0.4) is 0 Å². The van der Waals surface area contributed by atoms with Gasteiger partial charge in [0.15, 0.2) is 11.6 Å². The van der Waals surface area contributed by atoms with Gasteiger partial charge in [-0.3, -0.25) is 4.79 Å². The minimum Gasteiger partial charge on any atom is -0.383 e. The van der Waals surface area contributed by atoms with E-state index in [-0.39, 0.29) is 18.0 Å². The zero-order chi connectivity index (χ0) is 30.6. The van der Waals surface area contributed by atoms with Crippen LogP contribution in [0, 0.1) is 17.6 Å². The highest BCUT2D eigenvalue weighted by Crippen LogP contribution is 2.32. The third-order valence-electron chi connectivity index (χ3n) is 7.77. The molecule has 226 valence electrons. The SMILES string of the molecule is Nc1ncnc2ccc(-c3ccc(CNc4ncc(NC(O)C5CCCC5)cc4C(=O)NCc4ccc(F)c(F)c4)s3)cc12. The van der Waals surface area contributed by atoms with Gasteiger partial charge >= 0.3 is 0 Å². The molecule has 6 rings (SSSR count). The predicted molar refractivity (Wildman–Crippen MR) is 168 cm³/mol. The van der Waals surface area contributed by atoms with E-state index in [9.17, 15) is 18.7 Å². The van der Waals surface area contributed by atoms with E-state index in [1.807, 2.05) is 30.3 Å². The predicted octanol–water partition coefficient (Wildman–Crippen LogP) is 6.08. The molecule has 0 bridgehead atoms. The number of aliphatic hydroxyl groups is 1. The maximum Gasteiger partial charge on any atom is 0.255 e. The number of halogens is 2. The fraction of sp³-hybridized carbons (Fsp3) is 0.250. The lowest BCUT2D eigenvalue weighted by Gasteiger charge is -2.21. The van der Waals surface area contributed by atoms with Gasteiger partial charge in [-0.25, -0.2) is 23.7 Å². The molecule has 1 aliphatic carbocycles. The van der Waals surface area contributed by atoms with Crippen molar-refractivity contribution in [2.24, 2.45) is 5.92 Å². The third kappa shape index (κ3) is 6.61. The van der Waals surface area contributed by atoms with Crippen LogP contribution < -0.4 is 21.7 Å². The molecule has 9 nitrogen and oxygen atoms in total. The molecule has 2 aromatic carbocycles. The molecular formula is C32H31F2N7O2S. The van der Waals surface area contributed by atoms with Gasteiger partial charge in [0, 0.05) is 27.6 Å². The maximum absolute atomic E-state index is 13.7. The summed E-state index contributed by atoms with van der Waals surface area (Å²) in [6.07, 6.45) is 6.30. The van der Waals surface area contributed by atoms with Crippen LogP contribution in [0.1, 0.15) is 46.5 Å². The summed E-state index contributed by atoms with van der Waals surface area (Å²) in [5, 5.41) is 20.6. The first-order chi connectivity index (χ1) is 21.3. The molecule has 12 heteroatoms. The number of anilines is 3. The van der Waals surface area contributed by atoms with Crippen LogP contribution in [0.5, 0.6) is 0 Å². The van der Waals surface area contributed by atoms with Crippen LogP contribution in [0.4, 0.5) is 26.1 Å². The van der Waals surface area contributed by atoms with Crippen molar-refractivity contribution >= 4 is 45.5 Å². The Labute approximate surface area is 256 Å². The minimum atomic E-state index is -0.983. The highest BCUT2D eigenvalue weighted by Gasteiger charge is 2.24. The average Bonchev–Trinajstić information content (AvgIpc) is 3.74. The van der Waals surface area contributed by atoms with E-state index in [0.717, 1.165) is 64.0 Å². The lowest BCUT2D eigenvalue weighted by atomic mass is 10.1. The van der Waals surface area contributed by atoms with Crippen LogP contribution in [-0.4, -0.2) is 32.2 Å². The van der Waals surface area contributed by atoms with E-state index < -0.39 is 23.8 Å². The molecule has 1 unspecified atom stereocenters. The lowest BCUT2D eigenvalue weighted by molar-refractivity contribution is 0.0951. The second-order valence-corrected chi connectivity index (χ2v) is 12.0. The van der Waals surface area contributed by atoms with Gasteiger partial charge in [0.2, 0.25) is 0 Å². The Balaban J connectivity index is 1.19. The van der Waals surface area contributed by atoms with Crippen molar-refractivity contribution in [1.29, 1.82) is 0 Å². The quantitative estimate of drug-likeness (QED) is 0.119. The largest absolute Gasteiger partial charge is 0.383 e. The number of carbonyl (C=O) groups excluding carboxylic acids is 1. The topological polar surface area (TPSA) is 138 Å². The first-order valence-electron chi connectivity index (χ1n) is 14.3. The van der Waals surface area contributed by atoms with Gasteiger partial charge in [0.05, 0.1) is 29.5 Å². The number of nitrogens with zero attached hydrogens (tertiary/aromatic N) is 3. The van der Waals surface area contributed by atoms with Crippen LogP contribution in [0.25, 0.3) is 21.3 Å². The number of fused-ring (bicyclic) bond motifs is 1. The first-order valence-corrected chi connectivity index (χ1v) is 15.2. The number of nitrogens with one attached hydrogen (secondary N) is 3. The second kappa shape index (κ2) is 12.9. The summed E-state index contributed by atoms with van der Waals surface area (Å²) in [5.41, 5.74) is 8.98. The van der Waals surface area contributed by atoms with Gasteiger partial charge in [0.1, 0.15) is 24.2 Å². The van der Waals surface area contributed by atoms with Crippen molar-refractivity contribution in [2.75, 3.05) is 16.4 Å². The Bertz CT molecular complexity index is 1810. The monoisotopic (exact) mass is 615 g/mol. The Morgan fingerprint density at radius 3 is 2.66 bits per heavy atom. The molecule has 0 radical (unpaired) electrons. The summed E-state index contributed by atoms with van der Waals surface area (Å²) in [7, 11) is 0. The van der Waals surface area contributed by atoms with E-state index in [2.05, 4.69) is 30.9 Å². The number of hydrogen-bond acceptors (Lipinski definition) is 9. The summed E-state index contributed by atoms with van der Waals surface area (Å²) < 4.78 is 27.1. The molecule has 3 aromatic heterocycles. The van der Waals surface area contributed by atoms with E-state index in [0.29, 0.717) is 29.4 Å². The number of pyridine rings is 1. The zero-order valence-corrected chi connectivity index (χ0v) is 24.5. The smallest absolute Gasteiger partial charge is 0.255 e. The summed E-state index contributed by atoms with van der Waals surface area (Å²) in [5.74, 6) is -1.48. The van der Waals surface area contributed by atoms with Crippen LogP contribution in [0.15, 0.2) is 67.1 Å². The number of amides is 1. The lowest BCUT2D eigenvalue weighted by Crippen LogP contribution is -2.28. The molecule has 0 spiro atoms. The number of aromatic nitrogens is 3. The Morgan fingerprint density at radius 1 is 1.00 bits per heavy atom. The number of rotatable bonds is 10. The molecule has 1 saturated carbocycles. The molecule has 0 aliphatic heterocycles. The summed E-state index contributed by atoms with van der Waals surface area (Å²) in [6.45, 7) is 0.394. The molecular weight excluding hydrogens is 584 g/mol. The summed E-state index contributed by atoms with van der Waals surface area (Å²) in [6, 6.07) is 15.0. The van der Waals surface area contributed by atoms with Crippen molar-refractivity contribution in [1.82, 2.24) is 20.3 Å². The zero-order valence-electron chi connectivity index (χ0n) is 23.7. The number of thiophene rings is 1. The third-order valence-corrected chi connectivity index (χ3v) is 8.91. The van der Waals surface area contributed by atoms with Crippen molar-refractivity contribution < 1.29 is 18.7 Å². The van der Waals surface area contributed by atoms with E-state index >= 15 is 0 Å². The molecule has 0 saturated heterocycles. The van der Waals surface area contributed by atoms with E-state index in [1.165, 1.54) is 12.4 Å². The summed E-state index contributed by atoms with van der Waals surface area (Å²) >= 11 is 1.59. The molecule has 44 heavy (non-hydrogen) atoms. The van der Waals surface area contributed by atoms with Gasteiger partial charge < -0.3 is 26.8 Å². The van der Waals surface area contributed by atoms with Gasteiger partial charge in [-0.2, -0.15) is 0 Å². The van der Waals surface area contributed by atoms with E-state index in [1.54, 1.807) is 23.6 Å². The Morgan fingerprint density at radius 2 is 1.84 bits per heavy atom. The number of benzene rings is 2. The van der Waals surface area contributed by atoms with Gasteiger partial charge in [0.25, 0.3) is 5.91 Å².